The van der Waals surface area contributed by atoms with Crippen LogP contribution in [0.25, 0.3) is 0 Å². The minimum atomic E-state index is -0.708. The molecule has 108 valence electrons. The van der Waals surface area contributed by atoms with E-state index >= 15 is 0 Å². The van der Waals surface area contributed by atoms with Gasteiger partial charge in [0.05, 0.1) is 24.2 Å². The molecular formula is C17H23NO2. The molecule has 20 heavy (non-hydrogen) atoms. The van der Waals surface area contributed by atoms with Crippen LogP contribution in [-0.4, -0.2) is 12.2 Å². The van der Waals surface area contributed by atoms with E-state index in [0.29, 0.717) is 12.5 Å². The summed E-state index contributed by atoms with van der Waals surface area (Å²) in [6.45, 7) is 2.68. The Kier molecular flexibility index (Phi) is 4.80. The van der Waals surface area contributed by atoms with Crippen LogP contribution in [0.2, 0.25) is 0 Å². The average Bonchev–Trinajstić information content (AvgIpc) is 2.92. The predicted molar refractivity (Wildman–Crippen MR) is 77.8 cm³/mol. The maximum atomic E-state index is 10.7. The summed E-state index contributed by atoms with van der Waals surface area (Å²) in [6, 6.07) is 10.2. The third-order valence-electron chi connectivity index (χ3n) is 4.55. The molecule has 1 saturated carbocycles. The average molecular weight is 273 g/mol. The van der Waals surface area contributed by atoms with E-state index in [9.17, 15) is 10.4 Å². The number of nitriles is 1. The van der Waals surface area contributed by atoms with E-state index < -0.39 is 11.5 Å². The highest BCUT2D eigenvalue weighted by Gasteiger charge is 2.45. The first kappa shape index (κ1) is 15.0. The lowest BCUT2D eigenvalue weighted by atomic mass is 9.77. The second-order valence-corrected chi connectivity index (χ2v) is 5.87. The van der Waals surface area contributed by atoms with Crippen LogP contribution in [0, 0.1) is 22.7 Å². The van der Waals surface area contributed by atoms with Gasteiger partial charge >= 0.3 is 0 Å². The Morgan fingerprint density at radius 1 is 1.55 bits per heavy atom. The summed E-state index contributed by atoms with van der Waals surface area (Å²) in [5, 5.41) is 20.3. The van der Waals surface area contributed by atoms with Gasteiger partial charge in [0.15, 0.2) is 0 Å². The van der Waals surface area contributed by atoms with E-state index in [2.05, 4.69) is 13.0 Å². The van der Waals surface area contributed by atoms with Crippen LogP contribution in [-0.2, 0) is 11.3 Å². The summed E-state index contributed by atoms with van der Waals surface area (Å²) >= 11 is 0. The standard InChI is InChI=1S/C17H23NO2/c1-3-13-7-8-17(10-13,12-18)16(19)15-6-4-5-14(9-15)11-20-2/h4-6,9,13,16,19H,3,7-8,10-11H2,1-2H3. The molecular weight excluding hydrogens is 250 g/mol. The lowest BCUT2D eigenvalue weighted by Crippen LogP contribution is -2.24. The largest absolute Gasteiger partial charge is 0.387 e. The number of aliphatic hydroxyl groups excluding tert-OH is 1. The fourth-order valence-electron chi connectivity index (χ4n) is 3.28. The quantitative estimate of drug-likeness (QED) is 0.892. The third-order valence-corrected chi connectivity index (χ3v) is 4.55. The van der Waals surface area contributed by atoms with Crippen molar-refractivity contribution in [1.29, 1.82) is 5.26 Å². The van der Waals surface area contributed by atoms with Crippen molar-refractivity contribution in [2.24, 2.45) is 11.3 Å². The zero-order chi connectivity index (χ0) is 14.6. The third kappa shape index (κ3) is 2.87. The van der Waals surface area contributed by atoms with Crippen LogP contribution in [0.5, 0.6) is 0 Å². The highest BCUT2D eigenvalue weighted by Crippen LogP contribution is 2.50. The van der Waals surface area contributed by atoms with Gasteiger partial charge in [-0.05, 0) is 36.3 Å². The van der Waals surface area contributed by atoms with Crippen molar-refractivity contribution in [1.82, 2.24) is 0 Å². The first-order valence-corrected chi connectivity index (χ1v) is 7.32. The summed E-state index contributed by atoms with van der Waals surface area (Å²) in [7, 11) is 1.66. The molecule has 1 aliphatic rings. The van der Waals surface area contributed by atoms with Crippen LogP contribution >= 0.6 is 0 Å². The Hall–Kier alpha value is -1.37. The summed E-state index contributed by atoms with van der Waals surface area (Å²) in [5.74, 6) is 0.562. The molecule has 0 aliphatic heterocycles. The van der Waals surface area contributed by atoms with Crippen molar-refractivity contribution in [3.63, 3.8) is 0 Å². The molecule has 1 fully saturated rings. The molecule has 0 saturated heterocycles. The molecule has 0 bridgehead atoms. The number of hydrogen-bond acceptors (Lipinski definition) is 3. The number of aliphatic hydroxyl groups is 1. The number of hydrogen-bond donors (Lipinski definition) is 1. The summed E-state index contributed by atoms with van der Waals surface area (Å²) in [5.41, 5.74) is 1.24. The molecule has 1 aromatic carbocycles. The normalized spacial score (nSPS) is 27.2. The van der Waals surface area contributed by atoms with Gasteiger partial charge in [-0.1, -0.05) is 37.6 Å². The van der Waals surface area contributed by atoms with Gasteiger partial charge in [-0.15, -0.1) is 0 Å². The SMILES string of the molecule is CCC1CCC(C#N)(C(O)c2cccc(COC)c2)C1. The van der Waals surface area contributed by atoms with E-state index in [1.54, 1.807) is 7.11 Å². The molecule has 3 unspecified atom stereocenters. The predicted octanol–water partition coefficient (Wildman–Crippen LogP) is 3.59. The monoisotopic (exact) mass is 273 g/mol. The van der Waals surface area contributed by atoms with Crippen molar-refractivity contribution in [2.75, 3.05) is 7.11 Å². The fraction of sp³-hybridized carbons (Fsp3) is 0.588. The molecule has 1 N–H and O–H groups in total. The van der Waals surface area contributed by atoms with Gasteiger partial charge < -0.3 is 9.84 Å². The van der Waals surface area contributed by atoms with Crippen LogP contribution in [0.4, 0.5) is 0 Å². The van der Waals surface area contributed by atoms with E-state index in [4.69, 9.17) is 4.74 Å². The maximum Gasteiger partial charge on any atom is 0.0976 e. The molecule has 2 rings (SSSR count). The second kappa shape index (κ2) is 6.39. The van der Waals surface area contributed by atoms with Crippen molar-refractivity contribution < 1.29 is 9.84 Å². The van der Waals surface area contributed by atoms with E-state index in [-0.39, 0.29) is 0 Å². The van der Waals surface area contributed by atoms with E-state index in [1.807, 2.05) is 24.3 Å². The summed E-state index contributed by atoms with van der Waals surface area (Å²) in [4.78, 5) is 0. The molecule has 1 aromatic rings. The van der Waals surface area contributed by atoms with E-state index in [0.717, 1.165) is 36.8 Å². The number of nitrogens with zero attached hydrogens (tertiary/aromatic N) is 1. The Labute approximate surface area is 121 Å². The van der Waals surface area contributed by atoms with Crippen LogP contribution < -0.4 is 0 Å². The Morgan fingerprint density at radius 3 is 2.95 bits per heavy atom. The lowest BCUT2D eigenvalue weighted by molar-refractivity contribution is 0.0638. The van der Waals surface area contributed by atoms with Gasteiger partial charge in [-0.2, -0.15) is 5.26 Å². The Balaban J connectivity index is 2.23. The zero-order valence-corrected chi connectivity index (χ0v) is 12.3. The molecule has 3 nitrogen and oxygen atoms in total. The highest BCUT2D eigenvalue weighted by atomic mass is 16.5. The first-order chi connectivity index (χ1) is 9.65. The molecule has 0 spiro atoms. The lowest BCUT2D eigenvalue weighted by Gasteiger charge is -2.28. The molecule has 1 aliphatic carbocycles. The van der Waals surface area contributed by atoms with Gasteiger partial charge in [-0.25, -0.2) is 0 Å². The highest BCUT2D eigenvalue weighted by molar-refractivity contribution is 5.28. The summed E-state index contributed by atoms with van der Waals surface area (Å²) < 4.78 is 5.13. The van der Waals surface area contributed by atoms with Gasteiger partial charge in [0.2, 0.25) is 0 Å². The number of methoxy groups -OCH3 is 1. The minimum absolute atomic E-state index is 0.525. The fourth-order valence-corrected chi connectivity index (χ4v) is 3.28. The molecule has 0 amide bonds. The number of ether oxygens (including phenoxy) is 1. The molecule has 0 radical (unpaired) electrons. The van der Waals surface area contributed by atoms with Gasteiger partial charge in [0.25, 0.3) is 0 Å². The Morgan fingerprint density at radius 2 is 2.35 bits per heavy atom. The van der Waals surface area contributed by atoms with Crippen LogP contribution in [0.3, 0.4) is 0 Å². The topological polar surface area (TPSA) is 53.2 Å². The summed E-state index contributed by atoms with van der Waals surface area (Å²) in [6.07, 6.45) is 3.01. The van der Waals surface area contributed by atoms with Gasteiger partial charge in [-0.3, -0.25) is 0 Å². The first-order valence-electron chi connectivity index (χ1n) is 7.32. The molecule has 3 atom stereocenters. The maximum absolute atomic E-state index is 10.7. The van der Waals surface area contributed by atoms with Gasteiger partial charge in [0, 0.05) is 7.11 Å². The second-order valence-electron chi connectivity index (χ2n) is 5.87. The minimum Gasteiger partial charge on any atom is -0.387 e. The van der Waals surface area contributed by atoms with Crippen molar-refractivity contribution in [2.45, 2.75) is 45.3 Å². The Bertz CT molecular complexity index is 494. The number of rotatable bonds is 5. The van der Waals surface area contributed by atoms with Crippen molar-refractivity contribution in [3.05, 3.63) is 35.4 Å². The zero-order valence-electron chi connectivity index (χ0n) is 12.3. The molecule has 3 heteroatoms. The van der Waals surface area contributed by atoms with Crippen LogP contribution in [0.1, 0.15) is 49.8 Å². The van der Waals surface area contributed by atoms with Crippen molar-refractivity contribution in [3.8, 4) is 6.07 Å². The van der Waals surface area contributed by atoms with Gasteiger partial charge in [0.1, 0.15) is 0 Å². The molecule has 0 heterocycles. The number of benzene rings is 1. The molecule has 0 aromatic heterocycles. The van der Waals surface area contributed by atoms with Crippen molar-refractivity contribution >= 4 is 0 Å². The smallest absolute Gasteiger partial charge is 0.0976 e. The van der Waals surface area contributed by atoms with Crippen LogP contribution in [0.15, 0.2) is 24.3 Å². The van der Waals surface area contributed by atoms with E-state index in [1.165, 1.54) is 0 Å².